The normalized spacial score (nSPS) is 11.4. The summed E-state index contributed by atoms with van der Waals surface area (Å²) < 4.78 is 50.0. The van der Waals surface area contributed by atoms with Crippen LogP contribution in [0.2, 0.25) is 0 Å². The van der Waals surface area contributed by atoms with Gasteiger partial charge in [0.2, 0.25) is 11.8 Å². The van der Waals surface area contributed by atoms with Gasteiger partial charge in [0, 0.05) is 17.3 Å². The molecule has 0 atom stereocenters. The third kappa shape index (κ3) is 5.17. The molecule has 0 aliphatic carbocycles. The van der Waals surface area contributed by atoms with Crippen molar-refractivity contribution in [2.24, 2.45) is 0 Å². The van der Waals surface area contributed by atoms with E-state index in [2.05, 4.69) is 26.0 Å². The molecular formula is C21H18F3N6O3+. The predicted octanol–water partition coefficient (Wildman–Crippen LogP) is 4.34. The van der Waals surface area contributed by atoms with Crippen LogP contribution in [0.15, 0.2) is 58.0 Å². The molecule has 2 N–H and O–H groups in total. The van der Waals surface area contributed by atoms with E-state index >= 15 is 0 Å². The molecule has 0 bridgehead atoms. The SMILES string of the molecule is Cc1noc(C)c1-c1ccc(C[n+]2cc(NC(=O)Nc3cncc(C(F)(F)F)c3)on2)cc1. The Balaban J connectivity index is 1.37. The van der Waals surface area contributed by atoms with E-state index in [1.165, 1.54) is 10.9 Å². The molecule has 0 aliphatic rings. The summed E-state index contributed by atoms with van der Waals surface area (Å²) in [5.74, 6) is 0.751. The van der Waals surface area contributed by atoms with Gasteiger partial charge in [0.25, 0.3) is 6.20 Å². The molecule has 2 amide bonds. The zero-order chi connectivity index (χ0) is 23.6. The maximum Gasteiger partial charge on any atom is 0.417 e. The standard InChI is InChI=1S/C21H17F3N6O3/c1-12-19(13(2)32-28-12)15-5-3-14(4-6-15)10-30-11-18(33-29-30)27-20(31)26-17-7-16(8-25-9-17)21(22,23)24/h3-9,11H,10H2,1-2H3,(H-,26,27,29,31)/p+1. The first kappa shape index (κ1) is 22.0. The Labute approximate surface area is 185 Å². The van der Waals surface area contributed by atoms with E-state index in [1.54, 1.807) is 0 Å². The third-order valence-electron chi connectivity index (χ3n) is 4.69. The second kappa shape index (κ2) is 8.73. The molecule has 9 nitrogen and oxygen atoms in total. The van der Waals surface area contributed by atoms with Crippen molar-refractivity contribution in [3.05, 3.63) is 71.5 Å². The Morgan fingerprint density at radius 1 is 1.09 bits per heavy atom. The maximum absolute atomic E-state index is 12.8. The predicted molar refractivity (Wildman–Crippen MR) is 109 cm³/mol. The fourth-order valence-electron chi connectivity index (χ4n) is 3.21. The number of carbonyl (C=O) groups excluding carboxylic acids is 1. The topological polar surface area (TPSA) is 110 Å². The van der Waals surface area contributed by atoms with E-state index in [0.717, 1.165) is 40.4 Å². The minimum absolute atomic E-state index is 0.0137. The Hall–Kier alpha value is -4.22. The number of nitrogens with zero attached hydrogens (tertiary/aromatic N) is 4. The molecule has 12 heteroatoms. The van der Waals surface area contributed by atoms with Crippen molar-refractivity contribution in [3.63, 3.8) is 0 Å². The third-order valence-corrected chi connectivity index (χ3v) is 4.69. The maximum atomic E-state index is 12.8. The molecular weight excluding hydrogens is 441 g/mol. The average Bonchev–Trinajstić information content (AvgIpc) is 3.33. The highest BCUT2D eigenvalue weighted by Crippen LogP contribution is 2.30. The van der Waals surface area contributed by atoms with E-state index < -0.39 is 17.8 Å². The minimum atomic E-state index is -4.57. The Morgan fingerprint density at radius 2 is 1.85 bits per heavy atom. The molecule has 4 aromatic rings. The van der Waals surface area contributed by atoms with Crippen molar-refractivity contribution >= 4 is 17.6 Å². The monoisotopic (exact) mass is 459 g/mol. The van der Waals surface area contributed by atoms with Gasteiger partial charge in [0.15, 0.2) is 0 Å². The Morgan fingerprint density at radius 3 is 2.52 bits per heavy atom. The fourth-order valence-corrected chi connectivity index (χ4v) is 3.21. The number of halogens is 3. The van der Waals surface area contributed by atoms with E-state index in [0.29, 0.717) is 12.7 Å². The second-order valence-electron chi connectivity index (χ2n) is 7.20. The first-order valence-electron chi connectivity index (χ1n) is 9.68. The number of benzene rings is 1. The van der Waals surface area contributed by atoms with Crippen molar-refractivity contribution in [1.29, 1.82) is 0 Å². The van der Waals surface area contributed by atoms with Crippen LogP contribution in [0.25, 0.3) is 11.1 Å². The fraction of sp³-hybridized carbons (Fsp3) is 0.190. The van der Waals surface area contributed by atoms with E-state index in [9.17, 15) is 18.0 Å². The Kier molecular flexibility index (Phi) is 5.82. The van der Waals surface area contributed by atoms with Gasteiger partial charge in [-0.05, 0) is 30.2 Å². The molecule has 170 valence electrons. The highest BCUT2D eigenvalue weighted by Gasteiger charge is 2.31. The highest BCUT2D eigenvalue weighted by atomic mass is 19.4. The largest absolute Gasteiger partial charge is 0.417 e. The number of amides is 2. The lowest BCUT2D eigenvalue weighted by Crippen LogP contribution is -2.35. The van der Waals surface area contributed by atoms with Crippen LogP contribution >= 0.6 is 0 Å². The summed E-state index contributed by atoms with van der Waals surface area (Å²) in [5, 5.41) is 12.4. The number of hydrogen-bond donors (Lipinski definition) is 2. The summed E-state index contributed by atoms with van der Waals surface area (Å²) >= 11 is 0. The zero-order valence-corrected chi connectivity index (χ0v) is 17.5. The van der Waals surface area contributed by atoms with Crippen LogP contribution in [-0.4, -0.2) is 21.4 Å². The molecule has 0 radical (unpaired) electrons. The van der Waals surface area contributed by atoms with Crippen molar-refractivity contribution in [3.8, 4) is 11.1 Å². The van der Waals surface area contributed by atoms with Crippen LogP contribution in [0, 0.1) is 13.8 Å². The number of urea groups is 1. The summed E-state index contributed by atoms with van der Waals surface area (Å²) in [5.41, 5.74) is 2.56. The summed E-state index contributed by atoms with van der Waals surface area (Å²) in [7, 11) is 0. The molecule has 1 aromatic carbocycles. The summed E-state index contributed by atoms with van der Waals surface area (Å²) in [6.07, 6.45) is -1.35. The molecule has 4 rings (SSSR count). The number of carbonyl (C=O) groups is 1. The van der Waals surface area contributed by atoms with Gasteiger partial charge in [-0.15, -0.1) is 0 Å². The van der Waals surface area contributed by atoms with Crippen molar-refractivity contribution in [1.82, 2.24) is 15.4 Å². The van der Waals surface area contributed by atoms with Gasteiger partial charge in [-0.3, -0.25) is 14.8 Å². The van der Waals surface area contributed by atoms with Gasteiger partial charge in [-0.25, -0.2) is 4.79 Å². The number of hydrogen-bond acceptors (Lipinski definition) is 6. The quantitative estimate of drug-likeness (QED) is 0.430. The van der Waals surface area contributed by atoms with Crippen LogP contribution in [0.4, 0.5) is 29.5 Å². The smallest absolute Gasteiger partial charge is 0.361 e. The molecule has 3 aromatic heterocycles. The van der Waals surface area contributed by atoms with Gasteiger partial charge in [-0.2, -0.15) is 13.2 Å². The molecule has 0 unspecified atom stereocenters. The number of alkyl halides is 3. The summed E-state index contributed by atoms with van der Waals surface area (Å²) in [4.78, 5) is 15.6. The van der Waals surface area contributed by atoms with Gasteiger partial charge in [0.05, 0.1) is 23.1 Å². The van der Waals surface area contributed by atoms with E-state index in [1.807, 2.05) is 38.1 Å². The van der Waals surface area contributed by atoms with Gasteiger partial charge in [-0.1, -0.05) is 29.4 Å². The number of pyridine rings is 1. The zero-order valence-electron chi connectivity index (χ0n) is 17.5. The number of aromatic nitrogens is 4. The van der Waals surface area contributed by atoms with Gasteiger partial charge >= 0.3 is 18.1 Å². The Bertz CT molecular complexity index is 1260. The molecule has 0 saturated heterocycles. The lowest BCUT2D eigenvalue weighted by atomic mass is 10.0. The van der Waals surface area contributed by atoms with Crippen LogP contribution in [0.1, 0.15) is 22.6 Å². The van der Waals surface area contributed by atoms with Crippen molar-refractivity contribution < 1.29 is 31.7 Å². The molecule has 0 saturated carbocycles. The van der Waals surface area contributed by atoms with Crippen LogP contribution in [-0.2, 0) is 12.7 Å². The molecule has 3 heterocycles. The van der Waals surface area contributed by atoms with Gasteiger partial charge in [0.1, 0.15) is 5.76 Å². The van der Waals surface area contributed by atoms with Crippen LogP contribution in [0.5, 0.6) is 0 Å². The number of rotatable bonds is 5. The van der Waals surface area contributed by atoms with Crippen molar-refractivity contribution in [2.75, 3.05) is 10.6 Å². The summed E-state index contributed by atoms with van der Waals surface area (Å²) in [6.45, 7) is 4.09. The minimum Gasteiger partial charge on any atom is -0.361 e. The highest BCUT2D eigenvalue weighted by molar-refractivity contribution is 5.98. The first-order chi connectivity index (χ1) is 15.7. The van der Waals surface area contributed by atoms with Crippen molar-refractivity contribution in [2.45, 2.75) is 26.6 Å². The number of aryl methyl sites for hydroxylation is 2. The van der Waals surface area contributed by atoms with Gasteiger partial charge < -0.3 is 9.84 Å². The number of nitrogens with one attached hydrogen (secondary N) is 2. The summed E-state index contributed by atoms with van der Waals surface area (Å²) in [6, 6.07) is 7.70. The number of anilines is 2. The molecule has 0 fully saturated rings. The van der Waals surface area contributed by atoms with E-state index in [4.69, 9.17) is 9.05 Å². The molecule has 33 heavy (non-hydrogen) atoms. The lowest BCUT2D eigenvalue weighted by Gasteiger charge is -2.08. The molecule has 0 aliphatic heterocycles. The lowest BCUT2D eigenvalue weighted by molar-refractivity contribution is -0.754. The first-order valence-corrected chi connectivity index (χ1v) is 9.68. The average molecular weight is 459 g/mol. The van der Waals surface area contributed by atoms with Crippen LogP contribution < -0.4 is 15.3 Å². The molecule has 0 spiro atoms. The van der Waals surface area contributed by atoms with E-state index in [-0.39, 0.29) is 11.6 Å². The van der Waals surface area contributed by atoms with Crippen LogP contribution in [0.3, 0.4) is 0 Å². The second-order valence-corrected chi connectivity index (χ2v) is 7.20.